The molecule has 0 aromatic carbocycles. The summed E-state index contributed by atoms with van der Waals surface area (Å²) in [6.07, 6.45) is 5.71. The highest BCUT2D eigenvalue weighted by Crippen LogP contribution is 2.37. The molecule has 0 saturated carbocycles. The summed E-state index contributed by atoms with van der Waals surface area (Å²) in [5, 5.41) is 7.65. The molecule has 1 unspecified atom stereocenters. The zero-order chi connectivity index (χ0) is 14.4. The zero-order valence-electron chi connectivity index (χ0n) is 12.5. The molecule has 1 aliphatic rings. The Bertz CT molecular complexity index is 433. The van der Waals surface area contributed by atoms with Crippen molar-refractivity contribution < 1.29 is 0 Å². The second kappa shape index (κ2) is 7.41. The number of nitrogens with zero attached hydrogens (tertiary/aromatic N) is 2. The maximum atomic E-state index is 4.54. The van der Waals surface area contributed by atoms with E-state index < -0.39 is 0 Å². The van der Waals surface area contributed by atoms with Crippen LogP contribution in [0.4, 0.5) is 11.6 Å². The molecular weight excluding hydrogens is 288 g/mol. The monoisotopic (exact) mass is 312 g/mol. The summed E-state index contributed by atoms with van der Waals surface area (Å²) in [6.45, 7) is 6.40. The van der Waals surface area contributed by atoms with E-state index in [2.05, 4.69) is 46.2 Å². The Labute approximate surface area is 130 Å². The van der Waals surface area contributed by atoms with Crippen molar-refractivity contribution in [2.45, 2.75) is 43.0 Å². The molecule has 6 heteroatoms. The SMILES string of the molecule is CCCNc1cc(NCC2(C)CCCS2)nc(SC)n1. The van der Waals surface area contributed by atoms with Gasteiger partial charge in [-0.3, -0.25) is 0 Å². The number of anilines is 2. The molecule has 0 radical (unpaired) electrons. The van der Waals surface area contributed by atoms with Crippen LogP contribution in [0.1, 0.15) is 33.1 Å². The summed E-state index contributed by atoms with van der Waals surface area (Å²) in [5.41, 5.74) is 0. The fourth-order valence-electron chi connectivity index (χ4n) is 2.20. The van der Waals surface area contributed by atoms with Crippen molar-refractivity contribution >= 4 is 35.2 Å². The number of hydrogen-bond donors (Lipinski definition) is 2. The lowest BCUT2D eigenvalue weighted by Crippen LogP contribution is -2.27. The Hall–Kier alpha value is -0.620. The molecule has 1 aromatic heterocycles. The van der Waals surface area contributed by atoms with Gasteiger partial charge in [-0.2, -0.15) is 11.8 Å². The lowest BCUT2D eigenvalue weighted by Gasteiger charge is -2.23. The molecule has 2 N–H and O–H groups in total. The summed E-state index contributed by atoms with van der Waals surface area (Å²) >= 11 is 3.65. The van der Waals surface area contributed by atoms with Gasteiger partial charge in [0.1, 0.15) is 11.6 Å². The van der Waals surface area contributed by atoms with Crippen LogP contribution >= 0.6 is 23.5 Å². The fourth-order valence-corrected chi connectivity index (χ4v) is 3.83. The highest BCUT2D eigenvalue weighted by Gasteiger charge is 2.29. The summed E-state index contributed by atoms with van der Waals surface area (Å²) in [5.74, 6) is 3.12. The Morgan fingerprint density at radius 3 is 2.70 bits per heavy atom. The standard InChI is InChI=1S/C14H24N4S2/c1-4-7-15-11-9-12(18-13(17-11)19-3)16-10-14(2)6-5-8-20-14/h9H,4-8,10H2,1-3H3,(H2,15,16,17,18). The molecule has 1 atom stereocenters. The number of rotatable bonds is 7. The van der Waals surface area contributed by atoms with E-state index >= 15 is 0 Å². The van der Waals surface area contributed by atoms with Crippen LogP contribution in [0.2, 0.25) is 0 Å². The van der Waals surface area contributed by atoms with Gasteiger partial charge < -0.3 is 10.6 Å². The van der Waals surface area contributed by atoms with Crippen LogP contribution in [0, 0.1) is 0 Å². The van der Waals surface area contributed by atoms with E-state index in [9.17, 15) is 0 Å². The topological polar surface area (TPSA) is 49.8 Å². The lowest BCUT2D eigenvalue weighted by molar-refractivity contribution is 0.633. The van der Waals surface area contributed by atoms with Gasteiger partial charge in [-0.15, -0.1) is 0 Å². The summed E-state index contributed by atoms with van der Waals surface area (Å²) in [6, 6.07) is 2.01. The van der Waals surface area contributed by atoms with E-state index in [-0.39, 0.29) is 0 Å². The quantitative estimate of drug-likeness (QED) is 0.591. The highest BCUT2D eigenvalue weighted by molar-refractivity contribution is 8.00. The maximum Gasteiger partial charge on any atom is 0.191 e. The molecule has 1 aliphatic heterocycles. The molecule has 2 rings (SSSR count). The predicted octanol–water partition coefficient (Wildman–Crippen LogP) is 3.72. The molecule has 0 bridgehead atoms. The number of nitrogens with one attached hydrogen (secondary N) is 2. The van der Waals surface area contributed by atoms with Crippen molar-refractivity contribution in [2.24, 2.45) is 0 Å². The first-order valence-electron chi connectivity index (χ1n) is 7.20. The average Bonchev–Trinajstić information content (AvgIpc) is 2.90. The Kier molecular flexibility index (Phi) is 5.84. The molecule has 1 aromatic rings. The third kappa shape index (κ3) is 4.45. The Balaban J connectivity index is 2.01. The van der Waals surface area contributed by atoms with Crippen molar-refractivity contribution in [3.8, 4) is 0 Å². The third-order valence-electron chi connectivity index (χ3n) is 3.39. The van der Waals surface area contributed by atoms with E-state index in [1.54, 1.807) is 11.8 Å². The third-order valence-corrected chi connectivity index (χ3v) is 5.47. The van der Waals surface area contributed by atoms with Gasteiger partial charge in [-0.1, -0.05) is 18.7 Å². The highest BCUT2D eigenvalue weighted by atomic mass is 32.2. The van der Waals surface area contributed by atoms with Crippen molar-refractivity contribution in [3.05, 3.63) is 6.07 Å². The average molecular weight is 313 g/mol. The van der Waals surface area contributed by atoms with E-state index in [0.717, 1.165) is 36.3 Å². The van der Waals surface area contributed by atoms with Crippen LogP contribution in [0.25, 0.3) is 0 Å². The second-order valence-electron chi connectivity index (χ2n) is 5.31. The molecule has 0 spiro atoms. The van der Waals surface area contributed by atoms with E-state index in [0.29, 0.717) is 4.75 Å². The number of thioether (sulfide) groups is 2. The smallest absolute Gasteiger partial charge is 0.191 e. The minimum absolute atomic E-state index is 0.349. The largest absolute Gasteiger partial charge is 0.370 e. The zero-order valence-corrected chi connectivity index (χ0v) is 14.2. The minimum Gasteiger partial charge on any atom is -0.370 e. The summed E-state index contributed by atoms with van der Waals surface area (Å²) in [7, 11) is 0. The molecule has 0 amide bonds. The van der Waals surface area contributed by atoms with Crippen LogP contribution in [-0.4, -0.2) is 39.8 Å². The van der Waals surface area contributed by atoms with E-state index in [1.807, 2.05) is 12.3 Å². The van der Waals surface area contributed by atoms with Crippen molar-refractivity contribution in [1.29, 1.82) is 0 Å². The molecule has 0 aliphatic carbocycles. The first-order chi connectivity index (χ1) is 9.65. The first kappa shape index (κ1) is 15.8. The van der Waals surface area contributed by atoms with Crippen molar-refractivity contribution in [3.63, 3.8) is 0 Å². The van der Waals surface area contributed by atoms with Crippen LogP contribution in [0.5, 0.6) is 0 Å². The predicted molar refractivity (Wildman–Crippen MR) is 91.2 cm³/mol. The van der Waals surface area contributed by atoms with E-state index in [1.165, 1.54) is 18.6 Å². The summed E-state index contributed by atoms with van der Waals surface area (Å²) in [4.78, 5) is 9.03. The molecule has 2 heterocycles. The molecular formula is C14H24N4S2. The van der Waals surface area contributed by atoms with Gasteiger partial charge in [0.05, 0.1) is 0 Å². The lowest BCUT2D eigenvalue weighted by atomic mass is 10.1. The Morgan fingerprint density at radius 2 is 2.10 bits per heavy atom. The molecule has 1 saturated heterocycles. The van der Waals surface area contributed by atoms with Gasteiger partial charge in [0.25, 0.3) is 0 Å². The minimum atomic E-state index is 0.349. The van der Waals surface area contributed by atoms with Gasteiger partial charge in [-0.25, -0.2) is 9.97 Å². The second-order valence-corrected chi connectivity index (χ2v) is 7.76. The van der Waals surface area contributed by atoms with Gasteiger partial charge in [0.2, 0.25) is 0 Å². The normalized spacial score (nSPS) is 21.9. The molecule has 1 fully saturated rings. The van der Waals surface area contributed by atoms with Gasteiger partial charge >= 0.3 is 0 Å². The van der Waals surface area contributed by atoms with Crippen molar-refractivity contribution in [1.82, 2.24) is 9.97 Å². The molecule has 4 nitrogen and oxygen atoms in total. The maximum absolute atomic E-state index is 4.54. The van der Waals surface area contributed by atoms with E-state index in [4.69, 9.17) is 0 Å². The van der Waals surface area contributed by atoms with Crippen LogP contribution in [0.15, 0.2) is 11.2 Å². The van der Waals surface area contributed by atoms with Crippen LogP contribution in [0.3, 0.4) is 0 Å². The fraction of sp³-hybridized carbons (Fsp3) is 0.714. The van der Waals surface area contributed by atoms with Gasteiger partial charge in [-0.05, 0) is 38.2 Å². The molecule has 112 valence electrons. The Morgan fingerprint density at radius 1 is 1.35 bits per heavy atom. The van der Waals surface area contributed by atoms with Crippen LogP contribution in [-0.2, 0) is 0 Å². The first-order valence-corrected chi connectivity index (χ1v) is 9.41. The van der Waals surface area contributed by atoms with Gasteiger partial charge in [0.15, 0.2) is 5.16 Å². The van der Waals surface area contributed by atoms with Crippen molar-refractivity contribution in [2.75, 3.05) is 35.7 Å². The number of hydrogen-bond acceptors (Lipinski definition) is 6. The number of aromatic nitrogens is 2. The molecule has 20 heavy (non-hydrogen) atoms. The van der Waals surface area contributed by atoms with Gasteiger partial charge in [0, 0.05) is 23.9 Å². The van der Waals surface area contributed by atoms with Crippen LogP contribution < -0.4 is 10.6 Å². The summed E-state index contributed by atoms with van der Waals surface area (Å²) < 4.78 is 0.349.